The van der Waals surface area contributed by atoms with Crippen molar-refractivity contribution in [2.45, 2.75) is 52.6 Å². The molecule has 0 heterocycles. The average molecular weight is 598 g/mol. The van der Waals surface area contributed by atoms with Gasteiger partial charge in [-0.2, -0.15) is 0 Å². The number of hydrogen-bond donors (Lipinski definition) is 1. The van der Waals surface area contributed by atoms with Gasteiger partial charge in [-0.05, 0) is 54.2 Å². The first-order valence-corrected chi connectivity index (χ1v) is 16.1. The third-order valence-electron chi connectivity index (χ3n) is 6.73. The number of rotatable bonds is 14. The summed E-state index contributed by atoms with van der Waals surface area (Å²) in [5.41, 5.74) is 3.16. The fourth-order valence-electron chi connectivity index (χ4n) is 4.63. The van der Waals surface area contributed by atoms with E-state index < -0.39 is 16.1 Å². The van der Waals surface area contributed by atoms with Gasteiger partial charge in [0.05, 0.1) is 11.9 Å². The first-order valence-electron chi connectivity index (χ1n) is 13.8. The number of hydrogen-bond acceptors (Lipinski definition) is 4. The summed E-state index contributed by atoms with van der Waals surface area (Å²) in [6.45, 7) is 6.72. The van der Waals surface area contributed by atoms with Gasteiger partial charge in [0.1, 0.15) is 6.04 Å². The van der Waals surface area contributed by atoms with Crippen molar-refractivity contribution in [1.29, 1.82) is 0 Å². The summed E-state index contributed by atoms with van der Waals surface area (Å²) in [5.74, 6) is -0.212. The summed E-state index contributed by atoms with van der Waals surface area (Å²) in [6, 6.07) is 23.4. The number of anilines is 1. The Morgan fingerprint density at radius 3 is 2.22 bits per heavy atom. The van der Waals surface area contributed by atoms with Gasteiger partial charge in [-0.25, -0.2) is 8.42 Å². The van der Waals surface area contributed by atoms with Crippen molar-refractivity contribution in [3.8, 4) is 0 Å². The zero-order valence-corrected chi connectivity index (χ0v) is 25.8. The van der Waals surface area contributed by atoms with E-state index in [9.17, 15) is 18.0 Å². The smallest absolute Gasteiger partial charge is 0.243 e. The van der Waals surface area contributed by atoms with E-state index in [-0.39, 0.29) is 43.7 Å². The lowest BCUT2D eigenvalue weighted by Gasteiger charge is -2.32. The highest BCUT2D eigenvalue weighted by molar-refractivity contribution is 7.92. The second kappa shape index (κ2) is 15.0. The number of para-hydroxylation sites is 1. The lowest BCUT2D eigenvalue weighted by atomic mass is 10.0. The molecule has 1 N–H and O–H groups in total. The number of benzene rings is 3. The molecule has 2 amide bonds. The molecular formula is C32H40ClN3O4S. The summed E-state index contributed by atoms with van der Waals surface area (Å²) in [4.78, 5) is 29.1. The van der Waals surface area contributed by atoms with Gasteiger partial charge in [-0.1, -0.05) is 86.1 Å². The number of halogens is 1. The topological polar surface area (TPSA) is 86.8 Å². The Morgan fingerprint density at radius 2 is 1.59 bits per heavy atom. The quantitative estimate of drug-likeness (QED) is 0.262. The molecule has 1 unspecified atom stereocenters. The maximum absolute atomic E-state index is 13.9. The molecule has 41 heavy (non-hydrogen) atoms. The summed E-state index contributed by atoms with van der Waals surface area (Å²) in [7, 11) is -3.57. The van der Waals surface area contributed by atoms with Crippen LogP contribution in [0.5, 0.6) is 0 Å². The number of nitrogens with zero attached hydrogens (tertiary/aromatic N) is 2. The molecule has 3 aromatic rings. The molecule has 0 aliphatic carbocycles. The number of sulfonamides is 1. The van der Waals surface area contributed by atoms with Gasteiger partial charge >= 0.3 is 0 Å². The molecule has 0 saturated heterocycles. The van der Waals surface area contributed by atoms with Crippen LogP contribution in [0.1, 0.15) is 43.4 Å². The zero-order chi connectivity index (χ0) is 30.0. The monoisotopic (exact) mass is 597 g/mol. The molecule has 0 spiro atoms. The molecule has 3 rings (SSSR count). The first kappa shape index (κ1) is 32.2. The van der Waals surface area contributed by atoms with Crippen LogP contribution in [0.4, 0.5) is 5.69 Å². The van der Waals surface area contributed by atoms with Crippen LogP contribution in [0.25, 0.3) is 0 Å². The van der Waals surface area contributed by atoms with Gasteiger partial charge in [0, 0.05) is 37.5 Å². The standard InChI is InChI=1S/C32H40ClN3O4S/c1-24(2)22-34-32(38)30(21-26-13-6-5-7-14-26)35(23-27-15-10-16-28(33)20-27)31(37)18-11-19-36(41(4,39)40)29-17-9-8-12-25(29)3/h5-10,12-17,20,24,30H,11,18-19,21-23H2,1-4H3,(H,34,38). The van der Waals surface area contributed by atoms with Crippen LogP contribution in [-0.2, 0) is 32.6 Å². The number of nitrogens with one attached hydrogen (secondary N) is 1. The van der Waals surface area contributed by atoms with E-state index in [1.165, 1.54) is 10.6 Å². The maximum atomic E-state index is 13.9. The Labute approximate surface area is 249 Å². The molecule has 7 nitrogen and oxygen atoms in total. The summed E-state index contributed by atoms with van der Waals surface area (Å²) in [5, 5.41) is 3.55. The van der Waals surface area contributed by atoms with Crippen LogP contribution < -0.4 is 9.62 Å². The molecule has 0 fully saturated rings. The van der Waals surface area contributed by atoms with E-state index in [1.54, 1.807) is 29.2 Å². The molecule has 0 saturated carbocycles. The molecule has 0 bridgehead atoms. The number of carbonyl (C=O) groups is 2. The molecule has 0 radical (unpaired) electrons. The van der Waals surface area contributed by atoms with Crippen LogP contribution >= 0.6 is 11.6 Å². The van der Waals surface area contributed by atoms with Gasteiger partial charge < -0.3 is 10.2 Å². The number of carbonyl (C=O) groups excluding carboxylic acids is 2. The molecule has 9 heteroatoms. The van der Waals surface area contributed by atoms with Gasteiger partial charge in [0.25, 0.3) is 0 Å². The minimum absolute atomic E-state index is 0.0707. The van der Waals surface area contributed by atoms with Crippen molar-refractivity contribution in [3.63, 3.8) is 0 Å². The Kier molecular flexibility index (Phi) is 11.8. The van der Waals surface area contributed by atoms with E-state index >= 15 is 0 Å². The molecule has 0 aliphatic rings. The lowest BCUT2D eigenvalue weighted by molar-refractivity contribution is -0.141. The maximum Gasteiger partial charge on any atom is 0.243 e. The van der Waals surface area contributed by atoms with Gasteiger partial charge in [-0.15, -0.1) is 0 Å². The predicted octanol–water partition coefficient (Wildman–Crippen LogP) is 5.61. The van der Waals surface area contributed by atoms with E-state index in [2.05, 4.69) is 5.32 Å². The Morgan fingerprint density at radius 1 is 0.927 bits per heavy atom. The van der Waals surface area contributed by atoms with E-state index in [0.29, 0.717) is 23.7 Å². The van der Waals surface area contributed by atoms with E-state index in [1.807, 2.05) is 75.4 Å². The third-order valence-corrected chi connectivity index (χ3v) is 8.15. The van der Waals surface area contributed by atoms with Crippen LogP contribution in [0.15, 0.2) is 78.9 Å². The number of aryl methyl sites for hydroxylation is 1. The fourth-order valence-corrected chi connectivity index (χ4v) is 5.87. The second-order valence-electron chi connectivity index (χ2n) is 10.7. The molecule has 220 valence electrons. The second-order valence-corrected chi connectivity index (χ2v) is 13.1. The highest BCUT2D eigenvalue weighted by atomic mass is 35.5. The van der Waals surface area contributed by atoms with Crippen molar-refractivity contribution in [1.82, 2.24) is 10.2 Å². The Balaban J connectivity index is 1.89. The Bertz CT molecular complexity index is 1410. The average Bonchev–Trinajstić information content (AvgIpc) is 2.92. The molecular weight excluding hydrogens is 558 g/mol. The van der Waals surface area contributed by atoms with Crippen LogP contribution in [-0.4, -0.2) is 50.5 Å². The SMILES string of the molecule is Cc1ccccc1N(CCCC(=O)N(Cc1cccc(Cl)c1)C(Cc1ccccc1)C(=O)NCC(C)C)S(C)(=O)=O. The van der Waals surface area contributed by atoms with Crippen molar-refractivity contribution in [2.75, 3.05) is 23.7 Å². The third kappa shape index (κ3) is 9.90. The lowest BCUT2D eigenvalue weighted by Crippen LogP contribution is -2.51. The van der Waals surface area contributed by atoms with Crippen molar-refractivity contribution >= 4 is 39.1 Å². The van der Waals surface area contributed by atoms with Crippen molar-refractivity contribution < 1.29 is 18.0 Å². The van der Waals surface area contributed by atoms with Crippen molar-refractivity contribution in [3.05, 3.63) is 101 Å². The summed E-state index contributed by atoms with van der Waals surface area (Å²) in [6.07, 6.45) is 1.87. The normalized spacial score (nSPS) is 12.1. The van der Waals surface area contributed by atoms with E-state index in [0.717, 1.165) is 16.7 Å². The summed E-state index contributed by atoms with van der Waals surface area (Å²) < 4.78 is 26.7. The molecule has 0 aliphatic heterocycles. The highest BCUT2D eigenvalue weighted by Crippen LogP contribution is 2.23. The van der Waals surface area contributed by atoms with Gasteiger partial charge in [-0.3, -0.25) is 13.9 Å². The fraction of sp³-hybridized carbons (Fsp3) is 0.375. The molecule has 0 aromatic heterocycles. The van der Waals surface area contributed by atoms with E-state index in [4.69, 9.17) is 11.6 Å². The van der Waals surface area contributed by atoms with Crippen molar-refractivity contribution in [2.24, 2.45) is 5.92 Å². The minimum Gasteiger partial charge on any atom is -0.354 e. The molecule has 1 atom stereocenters. The Hall–Kier alpha value is -3.36. The van der Waals surface area contributed by atoms with Crippen LogP contribution in [0.2, 0.25) is 5.02 Å². The van der Waals surface area contributed by atoms with Crippen LogP contribution in [0, 0.1) is 12.8 Å². The molecule has 3 aromatic carbocycles. The first-order chi connectivity index (χ1) is 19.5. The number of amides is 2. The summed E-state index contributed by atoms with van der Waals surface area (Å²) >= 11 is 6.25. The highest BCUT2D eigenvalue weighted by Gasteiger charge is 2.30. The van der Waals surface area contributed by atoms with Gasteiger partial charge in [0.2, 0.25) is 21.8 Å². The van der Waals surface area contributed by atoms with Gasteiger partial charge in [0.15, 0.2) is 0 Å². The minimum atomic E-state index is -3.57. The predicted molar refractivity (Wildman–Crippen MR) is 166 cm³/mol. The zero-order valence-electron chi connectivity index (χ0n) is 24.2. The largest absolute Gasteiger partial charge is 0.354 e. The van der Waals surface area contributed by atoms with Crippen LogP contribution in [0.3, 0.4) is 0 Å².